The number of halogens is 2. The summed E-state index contributed by atoms with van der Waals surface area (Å²) in [5.74, 6) is -0.910. The smallest absolute Gasteiger partial charge is 0.345 e. The van der Waals surface area contributed by atoms with Gasteiger partial charge in [0.25, 0.3) is 0 Å². The zero-order valence-corrected chi connectivity index (χ0v) is 12.4. The molecule has 2 N–H and O–H groups in total. The highest BCUT2D eigenvalue weighted by atomic mass is 35.5. The number of aryl methyl sites for hydroxylation is 1. The summed E-state index contributed by atoms with van der Waals surface area (Å²) < 4.78 is 0. The zero-order chi connectivity index (χ0) is 14.0. The van der Waals surface area contributed by atoms with Crippen LogP contribution in [0.1, 0.15) is 20.1 Å². The standard InChI is InChI=1S/C13H11Cl2NO2S/c1-7-4-10(15)11(5-9(7)14)16-6-8-2-3-12(19-8)13(17)18/h2-5,16H,6H2,1H3,(H,17,18). The first-order chi connectivity index (χ1) is 8.97. The summed E-state index contributed by atoms with van der Waals surface area (Å²) in [6.45, 7) is 2.40. The molecular weight excluding hydrogens is 305 g/mol. The molecule has 100 valence electrons. The van der Waals surface area contributed by atoms with Gasteiger partial charge in [0.1, 0.15) is 4.88 Å². The molecule has 2 aromatic rings. The average molecular weight is 316 g/mol. The Morgan fingerprint density at radius 1 is 1.32 bits per heavy atom. The summed E-state index contributed by atoms with van der Waals surface area (Å²) in [5.41, 5.74) is 1.66. The number of benzene rings is 1. The number of aromatic carboxylic acids is 1. The molecule has 0 aliphatic carbocycles. The van der Waals surface area contributed by atoms with Gasteiger partial charge in [-0.1, -0.05) is 23.2 Å². The summed E-state index contributed by atoms with van der Waals surface area (Å²) in [6, 6.07) is 6.94. The molecule has 19 heavy (non-hydrogen) atoms. The van der Waals surface area contributed by atoms with Gasteiger partial charge in [-0.05, 0) is 36.8 Å². The van der Waals surface area contributed by atoms with Crippen LogP contribution in [0.5, 0.6) is 0 Å². The molecule has 0 unspecified atom stereocenters. The third-order valence-corrected chi connectivity index (χ3v) is 4.37. The quantitative estimate of drug-likeness (QED) is 0.861. The van der Waals surface area contributed by atoms with Crippen molar-refractivity contribution in [2.45, 2.75) is 13.5 Å². The molecule has 6 heteroatoms. The lowest BCUT2D eigenvalue weighted by atomic mass is 10.2. The molecule has 0 radical (unpaired) electrons. The van der Waals surface area contributed by atoms with Gasteiger partial charge in [0.15, 0.2) is 0 Å². The highest BCUT2D eigenvalue weighted by Crippen LogP contribution is 2.29. The van der Waals surface area contributed by atoms with Crippen molar-refractivity contribution in [2.75, 3.05) is 5.32 Å². The van der Waals surface area contributed by atoms with Crippen LogP contribution in [0.2, 0.25) is 10.0 Å². The van der Waals surface area contributed by atoms with Gasteiger partial charge in [-0.25, -0.2) is 4.79 Å². The van der Waals surface area contributed by atoms with Crippen LogP contribution in [0.25, 0.3) is 0 Å². The number of anilines is 1. The number of carboxylic acids is 1. The lowest BCUT2D eigenvalue weighted by molar-refractivity contribution is 0.0702. The van der Waals surface area contributed by atoms with Crippen molar-refractivity contribution < 1.29 is 9.90 Å². The van der Waals surface area contributed by atoms with E-state index in [2.05, 4.69) is 5.32 Å². The highest BCUT2D eigenvalue weighted by Gasteiger charge is 2.08. The molecule has 0 saturated heterocycles. The van der Waals surface area contributed by atoms with E-state index >= 15 is 0 Å². The lowest BCUT2D eigenvalue weighted by Gasteiger charge is -2.09. The Kier molecular flexibility index (Phi) is 4.34. The van der Waals surface area contributed by atoms with E-state index in [-0.39, 0.29) is 0 Å². The molecular formula is C13H11Cl2NO2S. The second kappa shape index (κ2) is 5.82. The van der Waals surface area contributed by atoms with Crippen molar-refractivity contribution in [3.05, 3.63) is 49.6 Å². The molecule has 0 atom stereocenters. The fraction of sp³-hybridized carbons (Fsp3) is 0.154. The maximum atomic E-state index is 10.8. The maximum Gasteiger partial charge on any atom is 0.345 e. The van der Waals surface area contributed by atoms with Gasteiger partial charge in [-0.2, -0.15) is 0 Å². The Labute approximate surface area is 124 Å². The van der Waals surface area contributed by atoms with Crippen LogP contribution in [0.4, 0.5) is 5.69 Å². The molecule has 0 bridgehead atoms. The predicted octanol–water partition coefficient (Wildman–Crippen LogP) is 4.67. The first-order valence-electron chi connectivity index (χ1n) is 5.49. The van der Waals surface area contributed by atoms with Gasteiger partial charge < -0.3 is 10.4 Å². The molecule has 0 amide bonds. The number of carboxylic acid groups (broad SMARTS) is 1. The van der Waals surface area contributed by atoms with Crippen LogP contribution in [0.15, 0.2) is 24.3 Å². The van der Waals surface area contributed by atoms with Gasteiger partial charge >= 0.3 is 5.97 Å². The Morgan fingerprint density at radius 2 is 2.05 bits per heavy atom. The van der Waals surface area contributed by atoms with E-state index in [1.54, 1.807) is 24.3 Å². The first kappa shape index (κ1) is 14.2. The predicted molar refractivity (Wildman–Crippen MR) is 79.8 cm³/mol. The number of hydrogen-bond acceptors (Lipinski definition) is 3. The van der Waals surface area contributed by atoms with Gasteiger partial charge in [-0.15, -0.1) is 11.3 Å². The Bertz CT molecular complexity index is 625. The van der Waals surface area contributed by atoms with E-state index in [9.17, 15) is 4.79 Å². The van der Waals surface area contributed by atoms with Gasteiger partial charge in [0, 0.05) is 16.4 Å². The van der Waals surface area contributed by atoms with Crippen molar-refractivity contribution in [1.82, 2.24) is 0 Å². The van der Waals surface area contributed by atoms with E-state index in [1.807, 2.05) is 6.92 Å². The van der Waals surface area contributed by atoms with Crippen molar-refractivity contribution in [3.8, 4) is 0 Å². The SMILES string of the molecule is Cc1cc(Cl)c(NCc2ccc(C(=O)O)s2)cc1Cl. The minimum Gasteiger partial charge on any atom is -0.477 e. The van der Waals surface area contributed by atoms with Crippen molar-refractivity contribution in [2.24, 2.45) is 0 Å². The average Bonchev–Trinajstić information content (AvgIpc) is 2.81. The molecule has 1 aromatic carbocycles. The Hall–Kier alpha value is -1.23. The van der Waals surface area contributed by atoms with E-state index in [1.165, 1.54) is 11.3 Å². The molecule has 3 nitrogen and oxygen atoms in total. The van der Waals surface area contributed by atoms with E-state index in [0.717, 1.165) is 16.1 Å². The van der Waals surface area contributed by atoms with Gasteiger partial charge in [0.2, 0.25) is 0 Å². The minimum absolute atomic E-state index is 0.324. The molecule has 0 saturated carbocycles. The minimum atomic E-state index is -0.910. The fourth-order valence-electron chi connectivity index (χ4n) is 1.55. The highest BCUT2D eigenvalue weighted by molar-refractivity contribution is 7.13. The molecule has 0 fully saturated rings. The topological polar surface area (TPSA) is 49.3 Å². The summed E-state index contributed by atoms with van der Waals surface area (Å²) in [7, 11) is 0. The Balaban J connectivity index is 2.09. The summed E-state index contributed by atoms with van der Waals surface area (Å²) >= 11 is 13.4. The van der Waals surface area contributed by atoms with Crippen LogP contribution >= 0.6 is 34.5 Å². The molecule has 1 heterocycles. The third kappa shape index (κ3) is 3.41. The number of hydrogen-bond donors (Lipinski definition) is 2. The zero-order valence-electron chi connectivity index (χ0n) is 10.0. The molecule has 1 aromatic heterocycles. The van der Waals surface area contributed by atoms with Crippen molar-refractivity contribution in [1.29, 1.82) is 0 Å². The molecule has 2 rings (SSSR count). The van der Waals surface area contributed by atoms with Crippen LogP contribution in [0.3, 0.4) is 0 Å². The van der Waals surface area contributed by atoms with E-state index < -0.39 is 5.97 Å². The van der Waals surface area contributed by atoms with Crippen LogP contribution in [-0.4, -0.2) is 11.1 Å². The van der Waals surface area contributed by atoms with E-state index in [0.29, 0.717) is 21.5 Å². The largest absolute Gasteiger partial charge is 0.477 e. The Morgan fingerprint density at radius 3 is 2.68 bits per heavy atom. The first-order valence-corrected chi connectivity index (χ1v) is 7.06. The maximum absolute atomic E-state index is 10.8. The second-order valence-corrected chi connectivity index (χ2v) is 5.99. The monoisotopic (exact) mass is 315 g/mol. The number of nitrogens with one attached hydrogen (secondary N) is 1. The van der Waals surface area contributed by atoms with Crippen LogP contribution < -0.4 is 5.32 Å². The summed E-state index contributed by atoms with van der Waals surface area (Å²) in [4.78, 5) is 12.0. The summed E-state index contributed by atoms with van der Waals surface area (Å²) in [6.07, 6.45) is 0. The summed E-state index contributed by atoms with van der Waals surface area (Å²) in [5, 5.41) is 13.2. The van der Waals surface area contributed by atoms with Crippen molar-refractivity contribution in [3.63, 3.8) is 0 Å². The van der Waals surface area contributed by atoms with Crippen LogP contribution in [-0.2, 0) is 6.54 Å². The number of thiophene rings is 1. The molecule has 0 spiro atoms. The molecule has 0 aliphatic rings. The molecule has 0 aliphatic heterocycles. The number of carbonyl (C=O) groups is 1. The van der Waals surface area contributed by atoms with Gasteiger partial charge in [0.05, 0.1) is 10.7 Å². The van der Waals surface area contributed by atoms with Crippen LogP contribution in [0, 0.1) is 6.92 Å². The fourth-order valence-corrected chi connectivity index (χ4v) is 2.79. The third-order valence-electron chi connectivity index (χ3n) is 2.57. The van der Waals surface area contributed by atoms with E-state index in [4.69, 9.17) is 28.3 Å². The lowest BCUT2D eigenvalue weighted by Crippen LogP contribution is -1.98. The van der Waals surface area contributed by atoms with Crippen molar-refractivity contribution >= 4 is 46.2 Å². The normalized spacial score (nSPS) is 10.5. The van der Waals surface area contributed by atoms with Gasteiger partial charge in [-0.3, -0.25) is 0 Å². The second-order valence-electron chi connectivity index (χ2n) is 4.01. The number of rotatable bonds is 4.